The third kappa shape index (κ3) is 6.21. The van der Waals surface area contributed by atoms with Crippen LogP contribution in [0.3, 0.4) is 0 Å². The van der Waals surface area contributed by atoms with Crippen LogP contribution in [0.1, 0.15) is 5.56 Å². The number of nitrogens with zero attached hydrogens (tertiary/aromatic N) is 6. The maximum Gasteiger partial charge on any atom is 0.229 e. The molecule has 2 aliphatic heterocycles. The number of anilines is 4. The zero-order chi connectivity index (χ0) is 24.9. The van der Waals surface area contributed by atoms with Crippen LogP contribution in [-0.4, -0.2) is 85.7 Å². The zero-order valence-corrected chi connectivity index (χ0v) is 22.2. The second-order valence-electron chi connectivity index (χ2n) is 9.38. The van der Waals surface area contributed by atoms with Gasteiger partial charge in [-0.15, -0.1) is 0 Å². The number of likely N-dealkylation sites (N-methyl/N-ethyl adjacent to an activating group) is 1. The van der Waals surface area contributed by atoms with Crippen LogP contribution in [0.4, 0.5) is 23.3 Å². The molecule has 0 saturated carbocycles. The van der Waals surface area contributed by atoms with E-state index >= 15 is 0 Å². The molecule has 0 unspecified atom stereocenters. The summed E-state index contributed by atoms with van der Waals surface area (Å²) < 4.78 is 7.69. The van der Waals surface area contributed by atoms with Gasteiger partial charge in [0, 0.05) is 69.0 Å². The van der Waals surface area contributed by atoms with E-state index in [2.05, 4.69) is 80.8 Å². The van der Waals surface area contributed by atoms with Crippen LogP contribution in [0.15, 0.2) is 59.5 Å². The topological polar surface area (TPSA) is 60.0 Å². The van der Waals surface area contributed by atoms with Crippen molar-refractivity contribution in [3.63, 3.8) is 0 Å². The van der Waals surface area contributed by atoms with Gasteiger partial charge in [-0.25, -0.2) is 4.31 Å². The van der Waals surface area contributed by atoms with Crippen molar-refractivity contribution in [1.82, 2.24) is 19.2 Å². The van der Waals surface area contributed by atoms with E-state index in [0.29, 0.717) is 0 Å². The highest BCUT2D eigenvalue weighted by molar-refractivity contribution is 7.97. The number of aryl methyl sites for hydroxylation is 1. The average Bonchev–Trinajstić information content (AvgIpc) is 2.91. The Bertz CT molecular complexity index is 1130. The first-order valence-corrected chi connectivity index (χ1v) is 13.3. The number of methoxy groups -OCH3 is 1. The Morgan fingerprint density at radius 1 is 0.806 bits per heavy atom. The molecule has 2 aliphatic rings. The lowest BCUT2D eigenvalue weighted by Crippen LogP contribution is -2.46. The van der Waals surface area contributed by atoms with E-state index in [1.54, 1.807) is 19.1 Å². The van der Waals surface area contributed by atoms with E-state index in [0.717, 1.165) is 81.4 Å². The first kappa shape index (κ1) is 24.7. The summed E-state index contributed by atoms with van der Waals surface area (Å²) in [6.07, 6.45) is 0. The Kier molecular flexibility index (Phi) is 7.79. The number of rotatable bonds is 7. The lowest BCUT2D eigenvalue weighted by atomic mass is 10.2. The highest BCUT2D eigenvalue weighted by Crippen LogP contribution is 2.28. The summed E-state index contributed by atoms with van der Waals surface area (Å²) in [7, 11) is 3.88. The quantitative estimate of drug-likeness (QED) is 0.478. The molecule has 0 atom stereocenters. The van der Waals surface area contributed by atoms with Gasteiger partial charge in [0.2, 0.25) is 5.95 Å². The molecule has 0 aliphatic carbocycles. The minimum Gasteiger partial charge on any atom is -0.497 e. The summed E-state index contributed by atoms with van der Waals surface area (Å²) in [6, 6.07) is 18.8. The molecule has 8 nitrogen and oxygen atoms in total. The maximum absolute atomic E-state index is 5.28. The normalized spacial score (nSPS) is 17.3. The van der Waals surface area contributed by atoms with Crippen LogP contribution in [0.2, 0.25) is 0 Å². The van der Waals surface area contributed by atoms with Crippen molar-refractivity contribution in [3.05, 3.63) is 60.2 Å². The Hall–Kier alpha value is -3.01. The molecule has 0 radical (unpaired) electrons. The van der Waals surface area contributed by atoms with Crippen LogP contribution in [0, 0.1) is 6.92 Å². The van der Waals surface area contributed by atoms with Gasteiger partial charge in [0.05, 0.1) is 7.11 Å². The fraction of sp³-hybridized carbons (Fsp3) is 0.407. The molecule has 2 fully saturated rings. The Morgan fingerprint density at radius 3 is 2.14 bits per heavy atom. The molecule has 0 spiro atoms. The predicted octanol–water partition coefficient (Wildman–Crippen LogP) is 4.12. The zero-order valence-electron chi connectivity index (χ0n) is 21.4. The number of piperazine rings is 2. The third-order valence-corrected chi connectivity index (χ3v) is 7.77. The molecule has 0 bridgehead atoms. The van der Waals surface area contributed by atoms with Gasteiger partial charge in [-0.2, -0.15) is 9.97 Å². The van der Waals surface area contributed by atoms with Gasteiger partial charge in [0.15, 0.2) is 0 Å². The van der Waals surface area contributed by atoms with Crippen molar-refractivity contribution in [1.29, 1.82) is 0 Å². The largest absolute Gasteiger partial charge is 0.497 e. The molecule has 5 rings (SSSR count). The Labute approximate surface area is 218 Å². The molecule has 1 aromatic heterocycles. The van der Waals surface area contributed by atoms with E-state index in [9.17, 15) is 0 Å². The van der Waals surface area contributed by atoms with Gasteiger partial charge in [0.25, 0.3) is 0 Å². The SMILES string of the molecule is COc1ccc(SN2CCN(c3nc(Nc4ccc(C)cc4)cc(N4CCN(C)CC4)n3)CC2)cc1. The average molecular weight is 506 g/mol. The van der Waals surface area contributed by atoms with Crippen molar-refractivity contribution in [2.24, 2.45) is 0 Å². The van der Waals surface area contributed by atoms with E-state index in [-0.39, 0.29) is 0 Å². The minimum absolute atomic E-state index is 0.801. The number of hydrogen-bond donors (Lipinski definition) is 1. The van der Waals surface area contributed by atoms with Crippen molar-refractivity contribution in [2.45, 2.75) is 11.8 Å². The Morgan fingerprint density at radius 2 is 1.47 bits per heavy atom. The molecule has 3 heterocycles. The molecule has 2 saturated heterocycles. The summed E-state index contributed by atoms with van der Waals surface area (Å²) in [5, 5.41) is 3.51. The molecule has 36 heavy (non-hydrogen) atoms. The number of aromatic nitrogens is 2. The van der Waals surface area contributed by atoms with Gasteiger partial charge in [-0.05, 0) is 62.3 Å². The number of benzene rings is 2. The predicted molar refractivity (Wildman–Crippen MR) is 149 cm³/mol. The second-order valence-corrected chi connectivity index (χ2v) is 10.5. The summed E-state index contributed by atoms with van der Waals surface area (Å²) in [6.45, 7) is 9.80. The maximum atomic E-state index is 5.28. The van der Waals surface area contributed by atoms with E-state index in [1.807, 2.05) is 12.1 Å². The van der Waals surface area contributed by atoms with Crippen molar-refractivity contribution < 1.29 is 4.74 Å². The fourth-order valence-corrected chi connectivity index (χ4v) is 5.28. The Balaban J connectivity index is 1.30. The van der Waals surface area contributed by atoms with E-state index < -0.39 is 0 Å². The highest BCUT2D eigenvalue weighted by Gasteiger charge is 2.23. The summed E-state index contributed by atoms with van der Waals surface area (Å²) in [4.78, 5) is 18.2. The van der Waals surface area contributed by atoms with Gasteiger partial charge in [0.1, 0.15) is 17.4 Å². The van der Waals surface area contributed by atoms with Gasteiger partial charge < -0.3 is 24.8 Å². The van der Waals surface area contributed by atoms with Crippen LogP contribution in [0.25, 0.3) is 0 Å². The summed E-state index contributed by atoms with van der Waals surface area (Å²) in [5.41, 5.74) is 2.28. The number of nitrogens with one attached hydrogen (secondary N) is 1. The van der Waals surface area contributed by atoms with Crippen molar-refractivity contribution >= 4 is 35.2 Å². The lowest BCUT2D eigenvalue weighted by Gasteiger charge is -2.36. The van der Waals surface area contributed by atoms with E-state index in [1.165, 1.54) is 10.5 Å². The molecule has 2 aromatic carbocycles. The van der Waals surface area contributed by atoms with Crippen LogP contribution >= 0.6 is 11.9 Å². The number of hydrogen-bond acceptors (Lipinski definition) is 9. The molecular formula is C27H35N7OS. The lowest BCUT2D eigenvalue weighted by molar-refractivity contribution is 0.312. The fourth-order valence-electron chi connectivity index (χ4n) is 4.37. The summed E-state index contributed by atoms with van der Waals surface area (Å²) in [5.74, 6) is 3.53. The minimum atomic E-state index is 0.801. The third-order valence-electron chi connectivity index (χ3n) is 6.67. The molecule has 0 amide bonds. The first-order chi connectivity index (χ1) is 17.6. The molecule has 1 N–H and O–H groups in total. The van der Waals surface area contributed by atoms with Gasteiger partial charge >= 0.3 is 0 Å². The van der Waals surface area contributed by atoms with Crippen LogP contribution in [0.5, 0.6) is 5.75 Å². The number of ether oxygens (including phenoxy) is 1. The van der Waals surface area contributed by atoms with Crippen molar-refractivity contribution in [3.8, 4) is 5.75 Å². The molecule has 190 valence electrons. The van der Waals surface area contributed by atoms with Crippen LogP contribution < -0.4 is 19.9 Å². The molecule has 9 heteroatoms. The molecule has 3 aromatic rings. The van der Waals surface area contributed by atoms with Gasteiger partial charge in [-0.3, -0.25) is 0 Å². The molecular weight excluding hydrogens is 470 g/mol. The summed E-state index contributed by atoms with van der Waals surface area (Å²) >= 11 is 1.80. The smallest absolute Gasteiger partial charge is 0.229 e. The van der Waals surface area contributed by atoms with Crippen LogP contribution in [-0.2, 0) is 0 Å². The monoisotopic (exact) mass is 505 g/mol. The highest BCUT2D eigenvalue weighted by atomic mass is 32.2. The van der Waals surface area contributed by atoms with Gasteiger partial charge in [-0.1, -0.05) is 17.7 Å². The second kappa shape index (κ2) is 11.4. The standard InChI is InChI=1S/C27H35N7OS/c1-21-4-6-22(7-5-21)28-25-20-26(32-14-12-31(2)13-15-32)30-27(29-25)33-16-18-34(19-17-33)36-24-10-8-23(35-3)9-11-24/h4-11,20H,12-19H2,1-3H3,(H,28,29,30). The first-order valence-electron chi connectivity index (χ1n) is 12.5. The van der Waals surface area contributed by atoms with E-state index in [4.69, 9.17) is 14.7 Å². The van der Waals surface area contributed by atoms with Crippen molar-refractivity contribution in [2.75, 3.05) is 81.6 Å².